The Bertz CT molecular complexity index is 369. The van der Waals surface area contributed by atoms with Crippen molar-refractivity contribution in [2.45, 2.75) is 32.2 Å². The van der Waals surface area contributed by atoms with Crippen LogP contribution in [0.5, 0.6) is 0 Å². The number of rotatable bonds is 9. The van der Waals surface area contributed by atoms with Gasteiger partial charge in [0.2, 0.25) is 11.8 Å². The number of carbonyl (C=O) groups excluding carboxylic acids is 2. The Morgan fingerprint density at radius 1 is 1.20 bits per heavy atom. The van der Waals surface area contributed by atoms with Gasteiger partial charge in [0, 0.05) is 19.6 Å². The lowest BCUT2D eigenvalue weighted by Crippen LogP contribution is -2.45. The van der Waals surface area contributed by atoms with Crippen LogP contribution in [0.2, 0.25) is 0 Å². The zero-order valence-corrected chi connectivity index (χ0v) is 12.1. The Balaban J connectivity index is 2.38. The summed E-state index contributed by atoms with van der Waals surface area (Å²) in [5, 5.41) is 11.5. The molecule has 0 aliphatic heterocycles. The van der Waals surface area contributed by atoms with Crippen LogP contribution in [0.1, 0.15) is 26.2 Å². The fraction of sp³-hybridized carbons (Fsp3) is 0.769. The molecule has 0 aromatic heterocycles. The van der Waals surface area contributed by atoms with Crippen molar-refractivity contribution in [3.63, 3.8) is 0 Å². The lowest BCUT2D eigenvalue weighted by atomic mass is 10.4. The minimum absolute atomic E-state index is 0.00438. The second kappa shape index (κ2) is 7.84. The van der Waals surface area contributed by atoms with E-state index in [0.29, 0.717) is 6.54 Å². The van der Waals surface area contributed by atoms with Gasteiger partial charge in [0.25, 0.3) is 0 Å². The molecule has 0 bridgehead atoms. The molecule has 0 aromatic rings. The molecule has 1 fully saturated rings. The molecule has 114 valence electrons. The van der Waals surface area contributed by atoms with Gasteiger partial charge in [-0.1, -0.05) is 6.92 Å². The molecule has 2 N–H and O–H groups in total. The number of amides is 2. The van der Waals surface area contributed by atoms with Gasteiger partial charge in [0.15, 0.2) is 0 Å². The fourth-order valence-electron chi connectivity index (χ4n) is 1.85. The minimum Gasteiger partial charge on any atom is -0.480 e. The molecule has 20 heavy (non-hydrogen) atoms. The van der Waals surface area contributed by atoms with Gasteiger partial charge in [-0.15, -0.1) is 0 Å². The minimum atomic E-state index is -0.937. The summed E-state index contributed by atoms with van der Waals surface area (Å²) in [6.07, 6.45) is 2.71. The largest absolute Gasteiger partial charge is 0.480 e. The first-order chi connectivity index (χ1) is 9.43. The summed E-state index contributed by atoms with van der Waals surface area (Å²) in [7, 11) is 1.56. The van der Waals surface area contributed by atoms with Gasteiger partial charge in [-0.2, -0.15) is 0 Å². The third-order valence-electron chi connectivity index (χ3n) is 3.12. The molecule has 0 heterocycles. The summed E-state index contributed by atoms with van der Waals surface area (Å²) in [6, 6.07) is 0.192. The zero-order chi connectivity index (χ0) is 15.1. The van der Waals surface area contributed by atoms with Gasteiger partial charge in [0.1, 0.15) is 0 Å². The van der Waals surface area contributed by atoms with Crippen LogP contribution in [0.15, 0.2) is 0 Å². The predicted molar refractivity (Wildman–Crippen MR) is 73.2 cm³/mol. The maximum Gasteiger partial charge on any atom is 0.317 e. The Morgan fingerprint density at radius 3 is 2.35 bits per heavy atom. The van der Waals surface area contributed by atoms with Crippen LogP contribution < -0.4 is 5.32 Å². The molecule has 1 aliphatic carbocycles. The molecule has 7 nitrogen and oxygen atoms in total. The van der Waals surface area contributed by atoms with Crippen LogP contribution in [-0.4, -0.2) is 72.0 Å². The van der Waals surface area contributed by atoms with E-state index < -0.39 is 5.97 Å². The summed E-state index contributed by atoms with van der Waals surface area (Å²) >= 11 is 0. The number of likely N-dealkylation sites (N-methyl/N-ethyl adjacent to an activating group) is 1. The molecule has 2 amide bonds. The standard InChI is InChI=1S/C13H23N3O4/c1-3-6-14-11(17)7-15(2)12(18)8-16(9-13(19)20)10-4-5-10/h10H,3-9H2,1-2H3,(H,14,17)(H,19,20). The van der Waals surface area contributed by atoms with Crippen LogP contribution in [0.4, 0.5) is 0 Å². The van der Waals surface area contributed by atoms with Crippen molar-refractivity contribution >= 4 is 17.8 Å². The van der Waals surface area contributed by atoms with E-state index in [1.165, 1.54) is 4.90 Å². The molecular formula is C13H23N3O4. The number of hydrogen-bond donors (Lipinski definition) is 2. The van der Waals surface area contributed by atoms with E-state index in [1.54, 1.807) is 11.9 Å². The molecule has 1 aliphatic rings. The van der Waals surface area contributed by atoms with Crippen molar-refractivity contribution in [2.75, 3.05) is 33.2 Å². The van der Waals surface area contributed by atoms with E-state index in [4.69, 9.17) is 5.11 Å². The number of carboxylic acid groups (broad SMARTS) is 1. The number of carbonyl (C=O) groups is 3. The summed E-state index contributed by atoms with van der Waals surface area (Å²) in [5.41, 5.74) is 0. The maximum atomic E-state index is 12.0. The first-order valence-corrected chi connectivity index (χ1v) is 6.90. The van der Waals surface area contributed by atoms with E-state index in [2.05, 4.69) is 5.32 Å². The summed E-state index contributed by atoms with van der Waals surface area (Å²) < 4.78 is 0. The summed E-state index contributed by atoms with van der Waals surface area (Å²) in [6.45, 7) is 2.47. The fourth-order valence-corrected chi connectivity index (χ4v) is 1.85. The number of nitrogens with zero attached hydrogens (tertiary/aromatic N) is 2. The van der Waals surface area contributed by atoms with Crippen LogP contribution in [-0.2, 0) is 14.4 Å². The monoisotopic (exact) mass is 285 g/mol. The van der Waals surface area contributed by atoms with Crippen LogP contribution >= 0.6 is 0 Å². The smallest absolute Gasteiger partial charge is 0.317 e. The highest BCUT2D eigenvalue weighted by molar-refractivity contribution is 5.85. The van der Waals surface area contributed by atoms with Gasteiger partial charge in [-0.3, -0.25) is 19.3 Å². The number of aliphatic carboxylic acids is 1. The van der Waals surface area contributed by atoms with Crippen molar-refractivity contribution in [3.05, 3.63) is 0 Å². The molecule has 0 saturated heterocycles. The quantitative estimate of drug-likeness (QED) is 0.597. The van der Waals surface area contributed by atoms with E-state index in [1.807, 2.05) is 6.92 Å². The van der Waals surface area contributed by atoms with Gasteiger partial charge in [-0.25, -0.2) is 0 Å². The third-order valence-corrected chi connectivity index (χ3v) is 3.12. The second-order valence-corrected chi connectivity index (χ2v) is 5.13. The average molecular weight is 285 g/mol. The molecule has 1 saturated carbocycles. The Hall–Kier alpha value is -1.63. The molecule has 0 unspecified atom stereocenters. The van der Waals surface area contributed by atoms with E-state index in [-0.39, 0.29) is 37.5 Å². The summed E-state index contributed by atoms with van der Waals surface area (Å²) in [5.74, 6) is -1.36. The lowest BCUT2D eigenvalue weighted by Gasteiger charge is -2.23. The van der Waals surface area contributed by atoms with Crippen molar-refractivity contribution in [1.29, 1.82) is 0 Å². The highest BCUT2D eigenvalue weighted by Crippen LogP contribution is 2.26. The highest BCUT2D eigenvalue weighted by atomic mass is 16.4. The van der Waals surface area contributed by atoms with E-state index >= 15 is 0 Å². The third kappa shape index (κ3) is 6.01. The van der Waals surface area contributed by atoms with Gasteiger partial charge >= 0.3 is 5.97 Å². The van der Waals surface area contributed by atoms with E-state index in [9.17, 15) is 14.4 Å². The van der Waals surface area contributed by atoms with Crippen molar-refractivity contribution in [1.82, 2.24) is 15.1 Å². The van der Waals surface area contributed by atoms with Crippen molar-refractivity contribution in [3.8, 4) is 0 Å². The molecule has 0 atom stereocenters. The molecule has 7 heteroatoms. The molecule has 1 rings (SSSR count). The Kier molecular flexibility index (Phi) is 6.44. The molecule has 0 aromatic carbocycles. The highest BCUT2D eigenvalue weighted by Gasteiger charge is 2.32. The van der Waals surface area contributed by atoms with Crippen LogP contribution in [0.25, 0.3) is 0 Å². The molecular weight excluding hydrogens is 262 g/mol. The van der Waals surface area contributed by atoms with Crippen molar-refractivity contribution < 1.29 is 19.5 Å². The number of nitrogens with one attached hydrogen (secondary N) is 1. The Labute approximate surface area is 118 Å². The molecule has 0 radical (unpaired) electrons. The predicted octanol–water partition coefficient (Wildman–Crippen LogP) is -0.480. The first kappa shape index (κ1) is 16.4. The van der Waals surface area contributed by atoms with E-state index in [0.717, 1.165) is 19.3 Å². The zero-order valence-electron chi connectivity index (χ0n) is 12.1. The SMILES string of the molecule is CCCNC(=O)CN(C)C(=O)CN(CC(=O)O)C1CC1. The van der Waals surface area contributed by atoms with Gasteiger partial charge < -0.3 is 15.3 Å². The number of carboxylic acids is 1. The summed E-state index contributed by atoms with van der Waals surface area (Å²) in [4.78, 5) is 37.3. The van der Waals surface area contributed by atoms with Gasteiger partial charge in [0.05, 0.1) is 19.6 Å². The van der Waals surface area contributed by atoms with Crippen LogP contribution in [0, 0.1) is 0 Å². The lowest BCUT2D eigenvalue weighted by molar-refractivity contribution is -0.140. The normalized spacial score (nSPS) is 14.2. The maximum absolute atomic E-state index is 12.0. The van der Waals surface area contributed by atoms with Crippen LogP contribution in [0.3, 0.4) is 0 Å². The van der Waals surface area contributed by atoms with Gasteiger partial charge in [-0.05, 0) is 19.3 Å². The second-order valence-electron chi connectivity index (χ2n) is 5.13. The van der Waals surface area contributed by atoms with Crippen molar-refractivity contribution in [2.24, 2.45) is 0 Å². The topological polar surface area (TPSA) is 90.0 Å². The Morgan fingerprint density at radius 2 is 1.85 bits per heavy atom. The average Bonchev–Trinajstić information content (AvgIpc) is 3.18. The number of hydrogen-bond acceptors (Lipinski definition) is 4. The first-order valence-electron chi connectivity index (χ1n) is 6.90. The molecule has 0 spiro atoms.